The van der Waals surface area contributed by atoms with Crippen LogP contribution in [0.4, 0.5) is 0 Å². The first-order chi connectivity index (χ1) is 2.00. The lowest BCUT2D eigenvalue weighted by Crippen LogP contribution is -1.38. The molecule has 4 radical (unpaired) electrons. The van der Waals surface area contributed by atoms with Gasteiger partial charge in [0, 0.05) is 15.5 Å². The summed E-state index contributed by atoms with van der Waals surface area (Å²) in [6, 6.07) is 0. The van der Waals surface area contributed by atoms with Crippen LogP contribution in [0.5, 0.6) is 0 Å². The van der Waals surface area contributed by atoms with Gasteiger partial charge in [0.1, 0.15) is 6.79 Å². The lowest BCUT2D eigenvalue weighted by Gasteiger charge is -1.000. The normalized spacial score (nSPS) is 2.00. The third kappa shape index (κ3) is 28.8. The van der Waals surface area contributed by atoms with E-state index in [9.17, 15) is 0 Å². The van der Waals surface area contributed by atoms with E-state index in [1.165, 1.54) is 0 Å². The van der Waals surface area contributed by atoms with Crippen LogP contribution < -0.4 is 0 Å². The van der Waals surface area contributed by atoms with Gasteiger partial charge in [-0.1, -0.05) is 0 Å². The Kier molecular flexibility index (Phi) is 521. The van der Waals surface area contributed by atoms with Gasteiger partial charge >= 0.3 is 0 Å². The van der Waals surface area contributed by atoms with E-state index in [2.05, 4.69) is 15.5 Å². The van der Waals surface area contributed by atoms with Crippen LogP contribution in [0.3, 0.4) is 0 Å². The molecular formula is CH2B2O. The van der Waals surface area contributed by atoms with Crippen LogP contribution in [0, 0.1) is 0 Å². The van der Waals surface area contributed by atoms with Crippen molar-refractivity contribution in [2.45, 2.75) is 0 Å². The maximum atomic E-state index is 8.00. The maximum absolute atomic E-state index is 8.00. The smallest absolute Gasteiger partial charge is 0.106 e. The molecule has 1 nitrogen and oxygen atoms in total. The first-order valence-electron chi connectivity index (χ1n) is 0.622. The summed E-state index contributed by atoms with van der Waals surface area (Å²) in [5.74, 6) is 0. The van der Waals surface area contributed by atoms with Gasteiger partial charge in [-0.05, 0) is 0 Å². The molecule has 0 atom stereocenters. The highest BCUT2D eigenvalue weighted by molar-refractivity contribution is 6.75. The molecule has 0 aliphatic rings. The first-order valence-corrected chi connectivity index (χ1v) is 0.622. The fourth-order valence-electron chi connectivity index (χ4n) is 0. The summed E-state index contributed by atoms with van der Waals surface area (Å²) in [5.41, 5.74) is 0. The minimum atomic E-state index is 2.00. The summed E-state index contributed by atoms with van der Waals surface area (Å²) >= 11 is 0. The number of carbonyl (C=O) groups is 1. The zero-order chi connectivity index (χ0) is 4.00. The van der Waals surface area contributed by atoms with Gasteiger partial charge in [0.15, 0.2) is 0 Å². The van der Waals surface area contributed by atoms with Gasteiger partial charge in [0.25, 0.3) is 0 Å². The molecule has 0 saturated heterocycles. The van der Waals surface area contributed by atoms with E-state index >= 15 is 0 Å². The summed E-state index contributed by atoms with van der Waals surface area (Å²) in [7, 11) is 8.00. The summed E-state index contributed by atoms with van der Waals surface area (Å²) in [5, 5.41) is 0. The number of hydrogen-bond acceptors (Lipinski definition) is 1. The molecule has 0 aromatic carbocycles. The van der Waals surface area contributed by atoms with E-state index in [0.29, 0.717) is 0 Å². The quantitative estimate of drug-likeness (QED) is 0.325. The highest BCUT2D eigenvalue weighted by Crippen LogP contribution is 0.619. The highest BCUT2D eigenvalue weighted by atomic mass is 16.1. The highest BCUT2D eigenvalue weighted by Gasteiger charge is 1.00. The molecule has 0 amide bonds. The van der Waals surface area contributed by atoms with Crippen molar-refractivity contribution < 1.29 is 4.79 Å². The average molecular weight is 51.6 g/mol. The van der Waals surface area contributed by atoms with Gasteiger partial charge < -0.3 is 4.79 Å². The molecule has 0 aromatic heterocycles. The van der Waals surface area contributed by atoms with E-state index in [1.807, 2.05) is 6.79 Å². The SMILES string of the molecule is C=O.[B][B]. The topological polar surface area (TPSA) is 17.1 Å². The van der Waals surface area contributed by atoms with Crippen molar-refractivity contribution in [2.75, 3.05) is 0 Å². The molecule has 0 rings (SSSR count). The Bertz CT molecular complexity index is 6.00. The molecule has 0 aromatic rings. The van der Waals surface area contributed by atoms with Crippen LogP contribution in [0.15, 0.2) is 0 Å². The zero-order valence-corrected chi connectivity index (χ0v) is 2.27. The number of hydrogen-bond donors (Lipinski definition) is 0. The monoisotopic (exact) mass is 52.0 g/mol. The summed E-state index contributed by atoms with van der Waals surface area (Å²) in [6.45, 7) is 2.00. The molecule has 0 fully saturated rings. The van der Waals surface area contributed by atoms with Crippen LogP contribution in [-0.4, -0.2) is 22.3 Å². The van der Waals surface area contributed by atoms with Crippen LogP contribution in [0.1, 0.15) is 0 Å². The van der Waals surface area contributed by atoms with Crippen LogP contribution >= 0.6 is 0 Å². The minimum Gasteiger partial charge on any atom is -0.307 e. The second kappa shape index (κ2) is 226. The van der Waals surface area contributed by atoms with Gasteiger partial charge in [-0.15, -0.1) is 0 Å². The lowest BCUT2D eigenvalue weighted by molar-refractivity contribution is -0.0979. The van der Waals surface area contributed by atoms with Gasteiger partial charge in [0.2, 0.25) is 0 Å². The average Bonchev–Trinajstić information content (AvgIpc) is 1.50. The van der Waals surface area contributed by atoms with Crippen molar-refractivity contribution in [2.24, 2.45) is 0 Å². The molecule has 0 aliphatic heterocycles. The Hall–Kier alpha value is -0.200. The molecular weight excluding hydrogens is 49.6 g/mol. The number of carbonyl (C=O) groups excluding carboxylic acids is 1. The van der Waals surface area contributed by atoms with Crippen LogP contribution in [-0.2, 0) is 4.79 Å². The van der Waals surface area contributed by atoms with Crippen molar-refractivity contribution in [3.63, 3.8) is 0 Å². The lowest BCUT2D eigenvalue weighted by atomic mass is 9.81. The molecule has 3 heteroatoms. The molecule has 0 saturated carbocycles. The van der Waals surface area contributed by atoms with E-state index in [1.54, 1.807) is 0 Å². The Morgan fingerprint density at radius 3 is 1.25 bits per heavy atom. The van der Waals surface area contributed by atoms with E-state index in [-0.39, 0.29) is 0 Å². The molecule has 4 heavy (non-hydrogen) atoms. The van der Waals surface area contributed by atoms with Crippen LogP contribution in [0.25, 0.3) is 0 Å². The third-order valence-electron chi connectivity index (χ3n) is 0. The van der Waals surface area contributed by atoms with Gasteiger partial charge in [-0.3, -0.25) is 0 Å². The third-order valence-corrected chi connectivity index (χ3v) is 0. The van der Waals surface area contributed by atoms with Crippen molar-refractivity contribution >= 4 is 22.3 Å². The van der Waals surface area contributed by atoms with Crippen LogP contribution in [0.2, 0.25) is 0 Å². The van der Waals surface area contributed by atoms with Gasteiger partial charge in [0.05, 0.1) is 0 Å². The van der Waals surface area contributed by atoms with Gasteiger partial charge in [-0.2, -0.15) is 0 Å². The second-order valence-electron chi connectivity index (χ2n) is 0. The molecule has 0 heterocycles. The molecule has 18 valence electrons. The molecule has 0 unspecified atom stereocenters. The fraction of sp³-hybridized carbons (Fsp3) is 0. The van der Waals surface area contributed by atoms with Crippen molar-refractivity contribution in [1.82, 2.24) is 0 Å². The first kappa shape index (κ1) is 9.20. The minimum absolute atomic E-state index is 2.00. The summed E-state index contributed by atoms with van der Waals surface area (Å²) in [6.07, 6.45) is 0. The molecule has 0 spiro atoms. The van der Waals surface area contributed by atoms with Crippen molar-refractivity contribution in [1.29, 1.82) is 0 Å². The molecule has 0 aliphatic carbocycles. The van der Waals surface area contributed by atoms with E-state index in [4.69, 9.17) is 4.79 Å². The Morgan fingerprint density at radius 1 is 1.25 bits per heavy atom. The largest absolute Gasteiger partial charge is 0.307 e. The standard InChI is InChI=1S/CH2O.B2/c2*1-2/h1H2;. The fourth-order valence-corrected chi connectivity index (χ4v) is 0. The van der Waals surface area contributed by atoms with Gasteiger partial charge in [-0.25, -0.2) is 0 Å². The molecule has 0 bridgehead atoms. The predicted octanol–water partition coefficient (Wildman–Crippen LogP) is -0.947. The van der Waals surface area contributed by atoms with Crippen molar-refractivity contribution in [3.05, 3.63) is 0 Å². The Labute approximate surface area is 28.2 Å². The van der Waals surface area contributed by atoms with E-state index in [0.717, 1.165) is 0 Å². The summed E-state index contributed by atoms with van der Waals surface area (Å²) < 4.78 is 0. The second-order valence-corrected chi connectivity index (χ2v) is 0. The maximum Gasteiger partial charge on any atom is 0.106 e. The van der Waals surface area contributed by atoms with Crippen molar-refractivity contribution in [3.8, 4) is 0 Å². The Balaban J connectivity index is 0. The number of rotatable bonds is 0. The van der Waals surface area contributed by atoms with E-state index < -0.39 is 0 Å². The summed E-state index contributed by atoms with van der Waals surface area (Å²) in [4.78, 5) is 8.00. The molecule has 0 N–H and O–H groups in total. The predicted molar refractivity (Wildman–Crippen MR) is 18.6 cm³/mol. The Morgan fingerprint density at radius 2 is 1.25 bits per heavy atom. The zero-order valence-electron chi connectivity index (χ0n) is 2.27.